The molecular weight excluding hydrogens is 367 g/mol. The quantitative estimate of drug-likeness (QED) is 0.481. The Balaban J connectivity index is 1.60. The van der Waals surface area contributed by atoms with Crippen molar-refractivity contribution in [3.8, 4) is 11.1 Å². The fourth-order valence-electron chi connectivity index (χ4n) is 3.41. The zero-order chi connectivity index (χ0) is 20.4. The van der Waals surface area contributed by atoms with Gasteiger partial charge in [-0.05, 0) is 60.0 Å². The van der Waals surface area contributed by atoms with Crippen molar-refractivity contribution in [2.45, 2.75) is 13.0 Å². The smallest absolute Gasteiger partial charge is 0.251 e. The molecule has 0 aliphatic carbocycles. The minimum absolute atomic E-state index is 0.172. The van der Waals surface area contributed by atoms with Crippen LogP contribution in [-0.2, 0) is 0 Å². The van der Waals surface area contributed by atoms with Crippen molar-refractivity contribution >= 4 is 16.8 Å². The number of amides is 1. The predicted octanol–water partition coefficient (Wildman–Crippen LogP) is 4.11. The largest absolute Gasteiger partial charge is 0.344 e. The van der Waals surface area contributed by atoms with Crippen LogP contribution in [0.5, 0.6) is 0 Å². The Morgan fingerprint density at radius 1 is 1.10 bits per heavy atom. The van der Waals surface area contributed by atoms with Gasteiger partial charge in [-0.1, -0.05) is 30.3 Å². The van der Waals surface area contributed by atoms with Crippen LogP contribution in [0.15, 0.2) is 66.7 Å². The second-order valence-corrected chi connectivity index (χ2v) is 6.97. The minimum Gasteiger partial charge on any atom is -0.344 e. The van der Waals surface area contributed by atoms with Gasteiger partial charge in [0.25, 0.3) is 5.91 Å². The molecule has 6 heteroatoms. The second-order valence-electron chi connectivity index (χ2n) is 6.97. The van der Waals surface area contributed by atoms with E-state index in [4.69, 9.17) is 5.73 Å². The summed E-state index contributed by atoms with van der Waals surface area (Å²) >= 11 is 0. The third-order valence-electron chi connectivity index (χ3n) is 5.00. The minimum atomic E-state index is -0.466. The summed E-state index contributed by atoms with van der Waals surface area (Å²) in [5.74, 6) is -0.616. The van der Waals surface area contributed by atoms with Crippen LogP contribution in [0.2, 0.25) is 0 Å². The summed E-state index contributed by atoms with van der Waals surface area (Å²) in [6, 6.07) is 19.1. The lowest BCUT2D eigenvalue weighted by Crippen LogP contribution is -2.33. The van der Waals surface area contributed by atoms with Gasteiger partial charge in [0, 0.05) is 17.5 Å². The van der Waals surface area contributed by atoms with Gasteiger partial charge < -0.3 is 11.1 Å². The Bertz CT molecular complexity index is 1180. The number of carbonyl (C=O) groups excluding carboxylic acids is 1. The van der Waals surface area contributed by atoms with Gasteiger partial charge in [0.15, 0.2) is 0 Å². The first-order valence-electron chi connectivity index (χ1n) is 9.36. The Morgan fingerprint density at radius 2 is 1.90 bits per heavy atom. The molecule has 146 valence electrons. The summed E-state index contributed by atoms with van der Waals surface area (Å²) in [5, 5.41) is 11.2. The molecule has 0 saturated heterocycles. The number of aromatic nitrogens is 2. The molecule has 0 bridgehead atoms. The van der Waals surface area contributed by atoms with Crippen molar-refractivity contribution in [1.82, 2.24) is 15.5 Å². The van der Waals surface area contributed by atoms with Crippen LogP contribution in [-0.4, -0.2) is 22.6 Å². The molecule has 4 rings (SSSR count). The molecule has 3 aromatic carbocycles. The number of nitrogens with two attached hydrogens (primary N) is 1. The van der Waals surface area contributed by atoms with Gasteiger partial charge in [0.05, 0.1) is 17.3 Å². The number of nitrogens with one attached hydrogen (secondary N) is 2. The Hall–Kier alpha value is -3.51. The highest BCUT2D eigenvalue weighted by Gasteiger charge is 2.15. The molecule has 4 N–H and O–H groups in total. The Kier molecular flexibility index (Phi) is 5.10. The van der Waals surface area contributed by atoms with E-state index in [0.29, 0.717) is 11.1 Å². The van der Waals surface area contributed by atoms with E-state index in [1.807, 2.05) is 37.3 Å². The number of aromatic amines is 1. The summed E-state index contributed by atoms with van der Waals surface area (Å²) in [4.78, 5) is 12.8. The van der Waals surface area contributed by atoms with Crippen molar-refractivity contribution in [1.29, 1.82) is 0 Å². The van der Waals surface area contributed by atoms with E-state index in [0.717, 1.165) is 27.7 Å². The summed E-state index contributed by atoms with van der Waals surface area (Å²) in [7, 11) is 0. The summed E-state index contributed by atoms with van der Waals surface area (Å²) in [6.45, 7) is 2.12. The third-order valence-corrected chi connectivity index (χ3v) is 5.00. The summed E-state index contributed by atoms with van der Waals surface area (Å²) in [5.41, 5.74) is 10.8. The molecule has 0 radical (unpaired) electrons. The van der Waals surface area contributed by atoms with E-state index in [-0.39, 0.29) is 18.3 Å². The van der Waals surface area contributed by atoms with E-state index in [9.17, 15) is 9.18 Å². The second kappa shape index (κ2) is 7.85. The molecule has 1 atom stereocenters. The number of nitrogens with zero attached hydrogens (tertiary/aromatic N) is 1. The molecule has 4 aromatic rings. The van der Waals surface area contributed by atoms with Crippen molar-refractivity contribution in [3.05, 3.63) is 89.4 Å². The number of hydrogen-bond acceptors (Lipinski definition) is 3. The van der Waals surface area contributed by atoms with Crippen LogP contribution in [0.25, 0.3) is 22.0 Å². The number of rotatable bonds is 5. The molecule has 0 fully saturated rings. The lowest BCUT2D eigenvalue weighted by atomic mass is 10.0. The molecule has 0 spiro atoms. The van der Waals surface area contributed by atoms with Crippen LogP contribution in [0, 0.1) is 12.7 Å². The van der Waals surface area contributed by atoms with Crippen molar-refractivity contribution in [3.63, 3.8) is 0 Å². The number of fused-ring (bicyclic) bond motifs is 1. The first kappa shape index (κ1) is 18.8. The predicted molar refractivity (Wildman–Crippen MR) is 112 cm³/mol. The van der Waals surface area contributed by atoms with E-state index < -0.39 is 6.04 Å². The normalized spacial score (nSPS) is 12.1. The molecular formula is C23H21FN4O. The van der Waals surface area contributed by atoms with E-state index in [2.05, 4.69) is 21.6 Å². The highest BCUT2D eigenvalue weighted by molar-refractivity contribution is 5.96. The first-order chi connectivity index (χ1) is 14.0. The number of benzene rings is 3. The van der Waals surface area contributed by atoms with Crippen molar-refractivity contribution in [2.75, 3.05) is 6.54 Å². The highest BCUT2D eigenvalue weighted by Crippen LogP contribution is 2.26. The lowest BCUT2D eigenvalue weighted by Gasteiger charge is -2.18. The molecule has 1 heterocycles. The van der Waals surface area contributed by atoms with Gasteiger partial charge in [-0.25, -0.2) is 4.39 Å². The van der Waals surface area contributed by atoms with E-state index in [1.54, 1.807) is 18.2 Å². The van der Waals surface area contributed by atoms with E-state index >= 15 is 0 Å². The van der Waals surface area contributed by atoms with Gasteiger partial charge in [-0.2, -0.15) is 5.10 Å². The molecule has 5 nitrogen and oxygen atoms in total. The van der Waals surface area contributed by atoms with Crippen molar-refractivity contribution < 1.29 is 9.18 Å². The van der Waals surface area contributed by atoms with Gasteiger partial charge in [-0.15, -0.1) is 0 Å². The van der Waals surface area contributed by atoms with Crippen LogP contribution in [0.4, 0.5) is 4.39 Å². The Morgan fingerprint density at radius 3 is 2.69 bits per heavy atom. The van der Waals surface area contributed by atoms with Gasteiger partial charge in [0.1, 0.15) is 5.82 Å². The van der Waals surface area contributed by atoms with Gasteiger partial charge in [-0.3, -0.25) is 9.89 Å². The molecule has 1 aromatic heterocycles. The monoisotopic (exact) mass is 388 g/mol. The van der Waals surface area contributed by atoms with Crippen LogP contribution in [0.1, 0.15) is 27.7 Å². The average molecular weight is 388 g/mol. The highest BCUT2D eigenvalue weighted by atomic mass is 19.1. The average Bonchev–Trinajstić information content (AvgIpc) is 3.12. The number of H-pyrrole nitrogens is 1. The molecule has 1 unspecified atom stereocenters. The third kappa shape index (κ3) is 3.88. The van der Waals surface area contributed by atoms with Crippen molar-refractivity contribution in [2.24, 2.45) is 5.73 Å². The fraction of sp³-hybridized carbons (Fsp3) is 0.130. The number of halogens is 1. The molecule has 29 heavy (non-hydrogen) atoms. The number of hydrogen-bond donors (Lipinski definition) is 3. The molecule has 0 saturated carbocycles. The standard InChI is InChI=1S/C23H21FN4O/c1-14-20-12-16(8-9-21(20)28-27-14)15-4-2-6-18(10-15)23(29)26-22(13-25)17-5-3-7-19(24)11-17/h2-12,22H,13,25H2,1H3,(H,26,29)(H,27,28). The maximum absolute atomic E-state index is 13.5. The lowest BCUT2D eigenvalue weighted by molar-refractivity contribution is 0.0937. The fourth-order valence-corrected chi connectivity index (χ4v) is 3.41. The zero-order valence-corrected chi connectivity index (χ0v) is 15.9. The maximum atomic E-state index is 13.5. The first-order valence-corrected chi connectivity index (χ1v) is 9.36. The maximum Gasteiger partial charge on any atom is 0.251 e. The zero-order valence-electron chi connectivity index (χ0n) is 15.9. The number of aryl methyl sites for hydroxylation is 1. The Labute approximate surface area is 167 Å². The SMILES string of the molecule is Cc1n[nH]c2ccc(-c3cccc(C(=O)NC(CN)c4cccc(F)c4)c3)cc12. The summed E-state index contributed by atoms with van der Waals surface area (Å²) < 4.78 is 13.5. The van der Waals surface area contributed by atoms with Gasteiger partial charge >= 0.3 is 0 Å². The van der Waals surface area contributed by atoms with Crippen LogP contribution in [0.3, 0.4) is 0 Å². The topological polar surface area (TPSA) is 83.8 Å². The van der Waals surface area contributed by atoms with Gasteiger partial charge in [0.2, 0.25) is 0 Å². The van der Waals surface area contributed by atoms with Crippen LogP contribution < -0.4 is 11.1 Å². The van der Waals surface area contributed by atoms with Crippen LogP contribution >= 0.6 is 0 Å². The molecule has 0 aliphatic rings. The number of carbonyl (C=O) groups is 1. The van der Waals surface area contributed by atoms with E-state index in [1.165, 1.54) is 12.1 Å². The molecule has 1 amide bonds. The summed E-state index contributed by atoms with van der Waals surface area (Å²) in [6.07, 6.45) is 0. The molecule has 0 aliphatic heterocycles.